The zero-order valence-electron chi connectivity index (χ0n) is 10.9. The van der Waals surface area contributed by atoms with Crippen LogP contribution in [-0.4, -0.2) is 36.1 Å². The van der Waals surface area contributed by atoms with Crippen molar-refractivity contribution in [3.63, 3.8) is 0 Å². The number of carbonyl (C=O) groups excluding carboxylic acids is 1. The second-order valence-corrected chi connectivity index (χ2v) is 5.95. The van der Waals surface area contributed by atoms with Crippen molar-refractivity contribution in [2.45, 2.75) is 31.5 Å². The summed E-state index contributed by atoms with van der Waals surface area (Å²) in [6, 6.07) is 7.13. The van der Waals surface area contributed by atoms with Crippen molar-refractivity contribution in [3.8, 4) is 0 Å². The van der Waals surface area contributed by atoms with Crippen molar-refractivity contribution in [2.75, 3.05) is 13.1 Å². The van der Waals surface area contributed by atoms with Gasteiger partial charge in [0.25, 0.3) is 0 Å². The summed E-state index contributed by atoms with van der Waals surface area (Å²) in [5, 5.41) is 0. The molecule has 2 N–H and O–H groups in total. The molecular weight excluding hydrogens is 311 g/mol. The van der Waals surface area contributed by atoms with Gasteiger partial charge < -0.3 is 10.6 Å². The summed E-state index contributed by atoms with van der Waals surface area (Å²) < 4.78 is 14.1. The number of amides is 1. The number of hydrogen-bond donors (Lipinski definition) is 1. The van der Waals surface area contributed by atoms with Gasteiger partial charge in [0.15, 0.2) is 0 Å². The van der Waals surface area contributed by atoms with Gasteiger partial charge in [-0.15, -0.1) is 0 Å². The molecule has 3 nitrogen and oxygen atoms in total. The van der Waals surface area contributed by atoms with E-state index in [9.17, 15) is 9.18 Å². The number of carbonyl (C=O) groups is 1. The molecule has 0 spiro atoms. The van der Waals surface area contributed by atoms with Gasteiger partial charge in [0, 0.05) is 16.9 Å². The van der Waals surface area contributed by atoms with Gasteiger partial charge in [0.1, 0.15) is 6.17 Å². The van der Waals surface area contributed by atoms with Crippen LogP contribution in [0.15, 0.2) is 28.7 Å². The largest absolute Gasteiger partial charge is 0.338 e. The fourth-order valence-electron chi connectivity index (χ4n) is 2.32. The summed E-state index contributed by atoms with van der Waals surface area (Å²) in [7, 11) is 0. The highest BCUT2D eigenvalue weighted by atomic mass is 79.9. The molecule has 0 radical (unpaired) electrons. The summed E-state index contributed by atoms with van der Waals surface area (Å²) >= 11 is 3.37. The maximum atomic E-state index is 13.1. The molecule has 1 aromatic carbocycles. The molecule has 5 heteroatoms. The zero-order valence-corrected chi connectivity index (χ0v) is 12.4. The van der Waals surface area contributed by atoms with Crippen LogP contribution in [0.25, 0.3) is 0 Å². The molecule has 3 atom stereocenters. The van der Waals surface area contributed by atoms with Crippen molar-refractivity contribution in [1.82, 2.24) is 4.90 Å². The minimum absolute atomic E-state index is 0.0840. The lowest BCUT2D eigenvalue weighted by molar-refractivity contribution is -0.132. The normalized spacial score (nSPS) is 22.3. The highest BCUT2D eigenvalue weighted by Crippen LogP contribution is 2.23. The van der Waals surface area contributed by atoms with Gasteiger partial charge in [-0.05, 0) is 24.1 Å². The second kappa shape index (κ2) is 6.01. The molecule has 0 aliphatic carbocycles. The zero-order chi connectivity index (χ0) is 14.0. The van der Waals surface area contributed by atoms with E-state index in [2.05, 4.69) is 15.9 Å². The lowest BCUT2D eigenvalue weighted by Crippen LogP contribution is -2.45. The predicted octanol–water partition coefficient (Wildman–Crippen LogP) is 2.45. The maximum absolute atomic E-state index is 13.1. The summed E-state index contributed by atoms with van der Waals surface area (Å²) in [6.45, 7) is 2.58. The van der Waals surface area contributed by atoms with Crippen molar-refractivity contribution < 1.29 is 9.18 Å². The van der Waals surface area contributed by atoms with Gasteiger partial charge in [-0.3, -0.25) is 4.79 Å². The maximum Gasteiger partial charge on any atom is 0.240 e. The third kappa shape index (κ3) is 3.34. The van der Waals surface area contributed by atoms with Gasteiger partial charge in [0.05, 0.1) is 12.6 Å². The molecule has 1 aliphatic rings. The second-order valence-electron chi connectivity index (χ2n) is 5.04. The quantitative estimate of drug-likeness (QED) is 0.926. The van der Waals surface area contributed by atoms with E-state index in [0.717, 1.165) is 10.0 Å². The van der Waals surface area contributed by atoms with Crippen LogP contribution in [0.4, 0.5) is 4.39 Å². The molecule has 1 fully saturated rings. The average Bonchev–Trinajstić information content (AvgIpc) is 2.84. The Bertz CT molecular complexity index is 451. The van der Waals surface area contributed by atoms with E-state index in [0.29, 0.717) is 13.0 Å². The minimum atomic E-state index is -0.904. The molecule has 1 amide bonds. The molecule has 1 unspecified atom stereocenters. The molecule has 1 aromatic rings. The number of hydrogen-bond acceptors (Lipinski definition) is 2. The van der Waals surface area contributed by atoms with Gasteiger partial charge in [0.2, 0.25) is 5.91 Å². The van der Waals surface area contributed by atoms with E-state index in [1.54, 1.807) is 0 Å². The molecule has 0 bridgehead atoms. The Morgan fingerprint density at radius 2 is 2.11 bits per heavy atom. The van der Waals surface area contributed by atoms with Crippen LogP contribution in [0.1, 0.15) is 24.8 Å². The van der Waals surface area contributed by atoms with E-state index in [4.69, 9.17) is 5.73 Å². The standard InChI is InChI=1S/C14H18BrFN2O/c1-9(10-2-4-11(15)5-3-10)13(17)14(19)18-7-6-12(16)8-18/h2-5,9,12-13H,6-8,17H2,1H3/t9-,12-,13?/m0/s1. The molecule has 104 valence electrons. The van der Waals surface area contributed by atoms with Crippen LogP contribution in [0, 0.1) is 0 Å². The first kappa shape index (κ1) is 14.5. The molecule has 19 heavy (non-hydrogen) atoms. The fourth-order valence-corrected chi connectivity index (χ4v) is 2.58. The van der Waals surface area contributed by atoms with Crippen LogP contribution >= 0.6 is 15.9 Å². The van der Waals surface area contributed by atoms with Gasteiger partial charge >= 0.3 is 0 Å². The lowest BCUT2D eigenvalue weighted by Gasteiger charge is -2.25. The average molecular weight is 329 g/mol. The van der Waals surface area contributed by atoms with E-state index < -0.39 is 12.2 Å². The summed E-state index contributed by atoms with van der Waals surface area (Å²) in [4.78, 5) is 13.7. The van der Waals surface area contributed by atoms with Crippen LogP contribution < -0.4 is 5.73 Å². The minimum Gasteiger partial charge on any atom is -0.338 e. The first-order chi connectivity index (χ1) is 8.99. The molecular formula is C14H18BrFN2O. The van der Waals surface area contributed by atoms with Crippen LogP contribution in [0.5, 0.6) is 0 Å². The van der Waals surface area contributed by atoms with Crippen molar-refractivity contribution in [2.24, 2.45) is 5.73 Å². The topological polar surface area (TPSA) is 46.3 Å². The van der Waals surface area contributed by atoms with Crippen molar-refractivity contribution >= 4 is 21.8 Å². The van der Waals surface area contributed by atoms with Crippen LogP contribution in [0.2, 0.25) is 0 Å². The van der Waals surface area contributed by atoms with E-state index in [1.807, 2.05) is 31.2 Å². The Morgan fingerprint density at radius 1 is 1.47 bits per heavy atom. The number of alkyl halides is 1. The van der Waals surface area contributed by atoms with E-state index in [-0.39, 0.29) is 18.4 Å². The Kier molecular flexibility index (Phi) is 4.58. The Hall–Kier alpha value is -0.940. The van der Waals surface area contributed by atoms with Crippen LogP contribution in [0.3, 0.4) is 0 Å². The summed E-state index contributed by atoms with van der Waals surface area (Å²) in [6.07, 6.45) is -0.482. The van der Waals surface area contributed by atoms with Crippen molar-refractivity contribution in [1.29, 1.82) is 0 Å². The Balaban J connectivity index is 2.04. The summed E-state index contributed by atoms with van der Waals surface area (Å²) in [5.41, 5.74) is 7.04. The highest BCUT2D eigenvalue weighted by molar-refractivity contribution is 9.10. The molecule has 0 saturated carbocycles. The molecule has 1 saturated heterocycles. The fraction of sp³-hybridized carbons (Fsp3) is 0.500. The first-order valence-electron chi connectivity index (χ1n) is 6.43. The molecule has 2 rings (SSSR count). The number of benzene rings is 1. The Labute approximate surface area is 121 Å². The molecule has 1 heterocycles. The number of halogens is 2. The van der Waals surface area contributed by atoms with Crippen molar-refractivity contribution in [3.05, 3.63) is 34.3 Å². The third-order valence-corrected chi connectivity index (χ3v) is 4.19. The number of likely N-dealkylation sites (tertiary alicyclic amines) is 1. The smallest absolute Gasteiger partial charge is 0.240 e. The molecule has 1 aliphatic heterocycles. The van der Waals surface area contributed by atoms with E-state index >= 15 is 0 Å². The SMILES string of the molecule is C[C@@H](c1ccc(Br)cc1)C(N)C(=O)N1CC[C@H](F)C1. The lowest BCUT2D eigenvalue weighted by atomic mass is 9.93. The molecule has 0 aromatic heterocycles. The van der Waals surface area contributed by atoms with E-state index in [1.165, 1.54) is 4.90 Å². The number of nitrogens with zero attached hydrogens (tertiary/aromatic N) is 1. The summed E-state index contributed by atoms with van der Waals surface area (Å²) in [5.74, 6) is -0.241. The first-order valence-corrected chi connectivity index (χ1v) is 7.22. The van der Waals surface area contributed by atoms with Gasteiger partial charge in [-0.2, -0.15) is 0 Å². The monoisotopic (exact) mass is 328 g/mol. The number of nitrogens with two attached hydrogens (primary N) is 1. The number of rotatable bonds is 3. The van der Waals surface area contributed by atoms with Gasteiger partial charge in [-0.25, -0.2) is 4.39 Å². The highest BCUT2D eigenvalue weighted by Gasteiger charge is 2.31. The third-order valence-electron chi connectivity index (χ3n) is 3.66. The van der Waals surface area contributed by atoms with Crippen LogP contribution in [-0.2, 0) is 4.79 Å². The van der Waals surface area contributed by atoms with Gasteiger partial charge in [-0.1, -0.05) is 35.0 Å². The predicted molar refractivity (Wildman–Crippen MR) is 76.6 cm³/mol. The Morgan fingerprint density at radius 3 is 2.63 bits per heavy atom.